The zero-order valence-corrected chi connectivity index (χ0v) is 12.8. The van der Waals surface area contributed by atoms with Crippen molar-refractivity contribution in [2.24, 2.45) is 0 Å². The van der Waals surface area contributed by atoms with Gasteiger partial charge in [0.15, 0.2) is 0 Å². The Hall–Kier alpha value is -0.910. The molecule has 1 rings (SSSR count). The first-order chi connectivity index (χ1) is 8.99. The van der Waals surface area contributed by atoms with Crippen LogP contribution in [-0.2, 0) is 22.3 Å². The molecule has 1 N–H and O–H groups in total. The van der Waals surface area contributed by atoms with Crippen LogP contribution >= 0.6 is 0 Å². The first-order valence-electron chi connectivity index (χ1n) is 6.66. The van der Waals surface area contributed by atoms with E-state index in [0.717, 1.165) is 30.5 Å². The molecule has 0 heterocycles. The Kier molecular flexibility index (Phi) is 6.48. The van der Waals surface area contributed by atoms with E-state index in [1.165, 1.54) is 4.31 Å². The van der Waals surface area contributed by atoms with Crippen molar-refractivity contribution in [1.29, 1.82) is 0 Å². The fourth-order valence-corrected chi connectivity index (χ4v) is 3.10. The monoisotopic (exact) mass is 284 g/mol. The third-order valence-electron chi connectivity index (χ3n) is 3.02. The molecule has 0 aliphatic rings. The van der Waals surface area contributed by atoms with Gasteiger partial charge in [-0.1, -0.05) is 37.6 Å². The predicted octanol–water partition coefficient (Wildman–Crippen LogP) is 1.97. The fourth-order valence-electron chi connectivity index (χ4n) is 1.87. The summed E-state index contributed by atoms with van der Waals surface area (Å²) in [6.07, 6.45) is 1.90. The van der Waals surface area contributed by atoms with Gasteiger partial charge in [0.1, 0.15) is 0 Å². The lowest BCUT2D eigenvalue weighted by atomic mass is 10.1. The molecule has 0 saturated carbocycles. The molecular formula is C14H24N2O2S. The highest BCUT2D eigenvalue weighted by atomic mass is 32.2. The van der Waals surface area contributed by atoms with Gasteiger partial charge in [-0.25, -0.2) is 12.7 Å². The Bertz CT molecular complexity index is 486. The molecule has 0 aliphatic heterocycles. The number of unbranched alkanes of at least 4 members (excludes halogenated alkanes) is 1. The summed E-state index contributed by atoms with van der Waals surface area (Å²) in [4.78, 5) is 0. The van der Waals surface area contributed by atoms with Crippen molar-refractivity contribution in [1.82, 2.24) is 9.62 Å². The van der Waals surface area contributed by atoms with Crippen molar-refractivity contribution < 1.29 is 8.42 Å². The fraction of sp³-hybridized carbons (Fsp3) is 0.571. The van der Waals surface area contributed by atoms with Gasteiger partial charge in [0.25, 0.3) is 0 Å². The Labute approximate surface area is 116 Å². The second-order valence-corrected chi connectivity index (χ2v) is 6.86. The van der Waals surface area contributed by atoms with Crippen molar-refractivity contribution >= 4 is 10.0 Å². The second kappa shape index (κ2) is 7.62. The smallest absolute Gasteiger partial charge is 0.218 e. The maximum atomic E-state index is 12.2. The van der Waals surface area contributed by atoms with E-state index in [2.05, 4.69) is 12.2 Å². The van der Waals surface area contributed by atoms with Crippen LogP contribution in [0.5, 0.6) is 0 Å². The molecule has 1 aromatic rings. The van der Waals surface area contributed by atoms with Gasteiger partial charge in [-0.2, -0.15) is 0 Å². The molecule has 0 radical (unpaired) electrons. The highest BCUT2D eigenvalue weighted by Crippen LogP contribution is 2.12. The van der Waals surface area contributed by atoms with Crippen LogP contribution in [0, 0.1) is 0 Å². The molecule has 0 atom stereocenters. The normalized spacial score (nSPS) is 12.0. The summed E-state index contributed by atoms with van der Waals surface area (Å²) >= 11 is 0. The molecule has 1 aromatic carbocycles. The van der Waals surface area contributed by atoms with Gasteiger partial charge in [0.05, 0.1) is 5.75 Å². The van der Waals surface area contributed by atoms with E-state index in [-0.39, 0.29) is 5.75 Å². The summed E-state index contributed by atoms with van der Waals surface area (Å²) in [5.41, 5.74) is 1.95. The minimum atomic E-state index is -3.20. The minimum Gasteiger partial charge on any atom is -0.316 e. The van der Waals surface area contributed by atoms with Crippen LogP contribution in [0.4, 0.5) is 0 Å². The quantitative estimate of drug-likeness (QED) is 0.794. The highest BCUT2D eigenvalue weighted by Gasteiger charge is 2.17. The number of sulfonamides is 1. The third kappa shape index (κ3) is 5.30. The van der Waals surface area contributed by atoms with Crippen molar-refractivity contribution in [2.75, 3.05) is 20.6 Å². The largest absolute Gasteiger partial charge is 0.316 e. The van der Waals surface area contributed by atoms with Gasteiger partial charge in [-0.05, 0) is 24.6 Å². The molecule has 5 heteroatoms. The maximum Gasteiger partial charge on any atom is 0.218 e. The minimum absolute atomic E-state index is 0.0742. The van der Waals surface area contributed by atoms with E-state index in [9.17, 15) is 8.42 Å². The number of nitrogens with zero attached hydrogens (tertiary/aromatic N) is 1. The van der Waals surface area contributed by atoms with Crippen LogP contribution in [0.15, 0.2) is 24.3 Å². The molecule has 0 aromatic heterocycles. The van der Waals surface area contributed by atoms with Crippen LogP contribution in [0.2, 0.25) is 0 Å². The number of hydrogen-bond donors (Lipinski definition) is 1. The van der Waals surface area contributed by atoms with Gasteiger partial charge >= 0.3 is 0 Å². The molecular weight excluding hydrogens is 260 g/mol. The van der Waals surface area contributed by atoms with E-state index in [0.29, 0.717) is 6.54 Å². The maximum absolute atomic E-state index is 12.2. The Morgan fingerprint density at radius 3 is 2.58 bits per heavy atom. The van der Waals surface area contributed by atoms with Crippen molar-refractivity contribution in [3.8, 4) is 0 Å². The van der Waals surface area contributed by atoms with Crippen LogP contribution < -0.4 is 5.32 Å². The van der Waals surface area contributed by atoms with Gasteiger partial charge in [0, 0.05) is 20.1 Å². The first kappa shape index (κ1) is 16.1. The SMILES string of the molecule is CCCCN(C)S(=O)(=O)Cc1cccc(CNC)c1. The summed E-state index contributed by atoms with van der Waals surface area (Å²) in [6.45, 7) is 3.40. The number of nitrogens with one attached hydrogen (secondary N) is 1. The standard InChI is InChI=1S/C14H24N2O2S/c1-4-5-9-16(3)19(17,18)12-14-8-6-7-13(10-14)11-15-2/h6-8,10,15H,4-5,9,11-12H2,1-3H3. The molecule has 0 saturated heterocycles. The van der Waals surface area contributed by atoms with Gasteiger partial charge < -0.3 is 5.32 Å². The molecule has 19 heavy (non-hydrogen) atoms. The Morgan fingerprint density at radius 2 is 1.95 bits per heavy atom. The van der Waals surface area contributed by atoms with Gasteiger partial charge in [-0.3, -0.25) is 0 Å². The molecule has 0 unspecified atom stereocenters. The van der Waals surface area contributed by atoms with E-state index in [1.54, 1.807) is 7.05 Å². The van der Waals surface area contributed by atoms with E-state index >= 15 is 0 Å². The van der Waals surface area contributed by atoms with Crippen molar-refractivity contribution in [3.05, 3.63) is 35.4 Å². The zero-order valence-electron chi connectivity index (χ0n) is 12.0. The zero-order chi connectivity index (χ0) is 14.3. The van der Waals surface area contributed by atoms with E-state index in [1.807, 2.05) is 31.3 Å². The van der Waals surface area contributed by atoms with Gasteiger partial charge in [0.2, 0.25) is 10.0 Å². The molecule has 0 bridgehead atoms. The van der Waals surface area contributed by atoms with E-state index in [4.69, 9.17) is 0 Å². The van der Waals surface area contributed by atoms with Crippen LogP contribution in [0.3, 0.4) is 0 Å². The number of benzene rings is 1. The summed E-state index contributed by atoms with van der Waals surface area (Å²) in [7, 11) is 0.328. The third-order valence-corrected chi connectivity index (χ3v) is 4.85. The first-order valence-corrected chi connectivity index (χ1v) is 8.27. The van der Waals surface area contributed by atoms with Crippen LogP contribution in [-0.4, -0.2) is 33.4 Å². The Balaban J connectivity index is 2.74. The molecule has 0 amide bonds. The molecule has 108 valence electrons. The number of rotatable bonds is 8. The lowest BCUT2D eigenvalue weighted by Gasteiger charge is -2.17. The second-order valence-electron chi connectivity index (χ2n) is 4.78. The Morgan fingerprint density at radius 1 is 1.26 bits per heavy atom. The summed E-state index contributed by atoms with van der Waals surface area (Å²) < 4.78 is 25.8. The highest BCUT2D eigenvalue weighted by molar-refractivity contribution is 7.88. The average molecular weight is 284 g/mol. The average Bonchev–Trinajstić information content (AvgIpc) is 2.36. The summed E-state index contributed by atoms with van der Waals surface area (Å²) in [5, 5.41) is 3.06. The molecule has 0 spiro atoms. The molecule has 0 fully saturated rings. The van der Waals surface area contributed by atoms with Crippen molar-refractivity contribution in [3.63, 3.8) is 0 Å². The predicted molar refractivity (Wildman–Crippen MR) is 79.4 cm³/mol. The lowest BCUT2D eigenvalue weighted by molar-refractivity contribution is 0.458. The summed E-state index contributed by atoms with van der Waals surface area (Å²) in [5.74, 6) is 0.0742. The van der Waals surface area contributed by atoms with Crippen LogP contribution in [0.25, 0.3) is 0 Å². The molecule has 0 aliphatic carbocycles. The van der Waals surface area contributed by atoms with E-state index < -0.39 is 10.0 Å². The van der Waals surface area contributed by atoms with Crippen LogP contribution in [0.1, 0.15) is 30.9 Å². The number of hydrogen-bond acceptors (Lipinski definition) is 3. The summed E-state index contributed by atoms with van der Waals surface area (Å²) in [6, 6.07) is 7.71. The molecule has 4 nitrogen and oxygen atoms in total. The van der Waals surface area contributed by atoms with Gasteiger partial charge in [-0.15, -0.1) is 0 Å². The topological polar surface area (TPSA) is 49.4 Å². The van der Waals surface area contributed by atoms with Crippen molar-refractivity contribution in [2.45, 2.75) is 32.1 Å². The lowest BCUT2D eigenvalue weighted by Crippen LogP contribution is -2.29.